The zero-order chi connectivity index (χ0) is 31.7. The van der Waals surface area contributed by atoms with Crippen LogP contribution in [0.15, 0.2) is 85.6 Å². The first-order valence-corrected chi connectivity index (χ1v) is 15.1. The Morgan fingerprint density at radius 1 is 1.02 bits per heavy atom. The average molecular weight is 624 g/mol. The summed E-state index contributed by atoms with van der Waals surface area (Å²) in [4.78, 5) is 35.6. The number of aryl methyl sites for hydroxylation is 2. The highest BCUT2D eigenvalue weighted by Crippen LogP contribution is 2.45. The van der Waals surface area contributed by atoms with Crippen molar-refractivity contribution < 1.29 is 14.7 Å². The minimum absolute atomic E-state index is 0.132. The fourth-order valence-corrected chi connectivity index (χ4v) is 5.69. The highest BCUT2D eigenvalue weighted by atomic mass is 35.5. The van der Waals surface area contributed by atoms with Crippen molar-refractivity contribution in [1.29, 1.82) is 0 Å². The lowest BCUT2D eigenvalue weighted by Gasteiger charge is -2.23. The monoisotopic (exact) mass is 623 g/mol. The molecule has 2 aromatic carbocycles. The summed E-state index contributed by atoms with van der Waals surface area (Å²) in [6, 6.07) is 17.4. The van der Waals surface area contributed by atoms with Gasteiger partial charge >= 0.3 is 0 Å². The lowest BCUT2D eigenvalue weighted by Crippen LogP contribution is -2.45. The van der Waals surface area contributed by atoms with Gasteiger partial charge in [-0.05, 0) is 90.4 Å². The van der Waals surface area contributed by atoms with Crippen molar-refractivity contribution in [3.05, 3.63) is 108 Å². The molecule has 0 bridgehead atoms. The van der Waals surface area contributed by atoms with Crippen LogP contribution in [0.25, 0.3) is 22.4 Å². The van der Waals surface area contributed by atoms with Gasteiger partial charge in [0.15, 0.2) is 0 Å². The number of pyridine rings is 1. The van der Waals surface area contributed by atoms with Gasteiger partial charge in [0.1, 0.15) is 17.3 Å². The summed E-state index contributed by atoms with van der Waals surface area (Å²) in [5.41, 5.74) is 4.82. The first-order chi connectivity index (χ1) is 21.6. The van der Waals surface area contributed by atoms with E-state index in [4.69, 9.17) is 11.6 Å². The minimum Gasteiger partial charge on any atom is -0.384 e. The van der Waals surface area contributed by atoms with Crippen LogP contribution in [-0.4, -0.2) is 47.3 Å². The highest BCUT2D eigenvalue weighted by molar-refractivity contribution is 6.31. The molecule has 1 aliphatic carbocycles. The van der Waals surface area contributed by atoms with Crippen LogP contribution in [0.4, 0.5) is 5.69 Å². The number of imidazole rings is 1. The van der Waals surface area contributed by atoms with E-state index >= 15 is 0 Å². The molecule has 11 heteroatoms. The van der Waals surface area contributed by atoms with Crippen molar-refractivity contribution in [1.82, 2.24) is 29.6 Å². The predicted molar refractivity (Wildman–Crippen MR) is 172 cm³/mol. The van der Waals surface area contributed by atoms with E-state index < -0.39 is 23.5 Å². The standard InChI is InChI=1S/C34H34ClN7O3/c1-34(45,25-7-8-25)31-18-23(12-14-37-31)22-6-11-27(35)24(16-22)17-28(40-33(44)29-13-15-38-42(29)3)32(43)39-26-9-4-21(5-10-26)30-19-36-20-41(30)2/h4-6,9-16,18-20,25,28,45H,7-8,17H2,1-3H3,(H,39,43)(H,40,44). The summed E-state index contributed by atoms with van der Waals surface area (Å²) in [5, 5.41) is 21.4. The van der Waals surface area contributed by atoms with Gasteiger partial charge in [-0.15, -0.1) is 0 Å². The molecule has 1 saturated carbocycles. The van der Waals surface area contributed by atoms with Crippen LogP contribution in [0.2, 0.25) is 5.02 Å². The number of carbonyl (C=O) groups is 2. The van der Waals surface area contributed by atoms with Gasteiger partial charge < -0.3 is 20.3 Å². The lowest BCUT2D eigenvalue weighted by atomic mass is 9.92. The Labute approximate surface area is 266 Å². The van der Waals surface area contributed by atoms with Gasteiger partial charge in [-0.1, -0.05) is 29.8 Å². The SMILES string of the molecule is Cn1cncc1-c1ccc(NC(=O)C(Cc2cc(-c3ccnc(C(C)(O)C4CC4)c3)ccc2Cl)NC(=O)c2ccnn2C)cc1. The van der Waals surface area contributed by atoms with Gasteiger partial charge in [0.25, 0.3) is 5.91 Å². The molecule has 3 N–H and O–H groups in total. The molecule has 0 radical (unpaired) electrons. The number of nitrogens with zero attached hydrogens (tertiary/aromatic N) is 5. The Bertz CT molecular complexity index is 1860. The quantitative estimate of drug-likeness (QED) is 0.198. The molecule has 5 aromatic rings. The van der Waals surface area contributed by atoms with Gasteiger partial charge in [0.2, 0.25) is 5.91 Å². The van der Waals surface area contributed by atoms with Crippen molar-refractivity contribution in [3.8, 4) is 22.4 Å². The van der Waals surface area contributed by atoms with E-state index in [-0.39, 0.29) is 12.3 Å². The van der Waals surface area contributed by atoms with Crippen LogP contribution in [-0.2, 0) is 30.9 Å². The molecule has 2 amide bonds. The second-order valence-corrected chi connectivity index (χ2v) is 12.1. The van der Waals surface area contributed by atoms with E-state index in [1.54, 1.807) is 37.9 Å². The molecule has 2 unspecified atom stereocenters. The third-order valence-corrected chi connectivity index (χ3v) is 8.76. The number of hydrogen-bond donors (Lipinski definition) is 3. The van der Waals surface area contributed by atoms with Crippen molar-refractivity contribution in [2.45, 2.75) is 37.8 Å². The number of benzene rings is 2. The van der Waals surface area contributed by atoms with Crippen molar-refractivity contribution in [3.63, 3.8) is 0 Å². The fraction of sp³-hybridized carbons (Fsp3) is 0.265. The van der Waals surface area contributed by atoms with Gasteiger partial charge in [-0.2, -0.15) is 5.10 Å². The van der Waals surface area contributed by atoms with E-state index in [9.17, 15) is 14.7 Å². The highest BCUT2D eigenvalue weighted by Gasteiger charge is 2.42. The number of anilines is 1. The second-order valence-electron chi connectivity index (χ2n) is 11.7. The Kier molecular flexibility index (Phi) is 8.26. The molecule has 3 aromatic heterocycles. The number of aliphatic hydroxyl groups is 1. The molecule has 0 aliphatic heterocycles. The first kappa shape index (κ1) is 30.2. The smallest absolute Gasteiger partial charge is 0.270 e. The van der Waals surface area contributed by atoms with Crippen molar-refractivity contribution in [2.24, 2.45) is 20.0 Å². The lowest BCUT2D eigenvalue weighted by molar-refractivity contribution is -0.118. The summed E-state index contributed by atoms with van der Waals surface area (Å²) in [6.07, 6.45) is 8.81. The van der Waals surface area contributed by atoms with Crippen LogP contribution in [0.5, 0.6) is 0 Å². The molecular weight excluding hydrogens is 590 g/mol. The number of hydrogen-bond acceptors (Lipinski definition) is 6. The molecule has 230 valence electrons. The minimum atomic E-state index is -1.000. The third-order valence-electron chi connectivity index (χ3n) is 8.39. The van der Waals surface area contributed by atoms with Crippen LogP contribution < -0.4 is 10.6 Å². The topological polar surface area (TPSA) is 127 Å². The summed E-state index contributed by atoms with van der Waals surface area (Å²) < 4.78 is 3.37. The van der Waals surface area contributed by atoms with Gasteiger partial charge in [0.05, 0.1) is 23.9 Å². The normalized spacial score (nSPS) is 14.9. The summed E-state index contributed by atoms with van der Waals surface area (Å²) in [5.74, 6) is -0.628. The number of nitrogens with one attached hydrogen (secondary N) is 2. The molecule has 0 spiro atoms. The van der Waals surface area contributed by atoms with E-state index in [1.807, 2.05) is 67.1 Å². The van der Waals surface area contributed by atoms with Gasteiger partial charge in [-0.25, -0.2) is 4.98 Å². The van der Waals surface area contributed by atoms with Crippen LogP contribution >= 0.6 is 11.6 Å². The zero-order valence-electron chi connectivity index (χ0n) is 25.2. The number of rotatable bonds is 10. The molecule has 3 heterocycles. The molecular formula is C34H34ClN7O3. The number of amides is 2. The third kappa shape index (κ3) is 6.52. The maximum absolute atomic E-state index is 13.7. The van der Waals surface area contributed by atoms with E-state index in [1.165, 1.54) is 10.9 Å². The molecule has 1 aliphatic rings. The van der Waals surface area contributed by atoms with Crippen molar-refractivity contribution in [2.75, 3.05) is 5.32 Å². The Morgan fingerprint density at radius 2 is 1.76 bits per heavy atom. The molecule has 0 saturated heterocycles. The summed E-state index contributed by atoms with van der Waals surface area (Å²) in [6.45, 7) is 1.81. The predicted octanol–water partition coefficient (Wildman–Crippen LogP) is 5.13. The van der Waals surface area contributed by atoms with E-state index in [0.29, 0.717) is 27.7 Å². The fourth-order valence-electron chi connectivity index (χ4n) is 5.50. The number of halogens is 1. The molecule has 45 heavy (non-hydrogen) atoms. The van der Waals surface area contributed by atoms with Gasteiger partial charge in [-0.3, -0.25) is 19.3 Å². The molecule has 1 fully saturated rings. The Morgan fingerprint density at radius 3 is 2.42 bits per heavy atom. The molecule has 2 atom stereocenters. The average Bonchev–Trinajstić information content (AvgIpc) is 3.68. The molecule has 10 nitrogen and oxygen atoms in total. The molecule has 6 rings (SSSR count). The maximum Gasteiger partial charge on any atom is 0.270 e. The Hall–Kier alpha value is -4.80. The number of aromatic nitrogens is 5. The van der Waals surface area contributed by atoms with Crippen LogP contribution in [0, 0.1) is 5.92 Å². The summed E-state index contributed by atoms with van der Waals surface area (Å²) >= 11 is 6.67. The van der Waals surface area contributed by atoms with Gasteiger partial charge in [0, 0.05) is 43.6 Å². The Balaban J connectivity index is 1.26. The second kappa shape index (κ2) is 12.3. The zero-order valence-corrected chi connectivity index (χ0v) is 26.0. The van der Waals surface area contributed by atoms with Crippen LogP contribution in [0.1, 0.15) is 41.5 Å². The number of carbonyl (C=O) groups excluding carboxylic acids is 2. The summed E-state index contributed by atoms with van der Waals surface area (Å²) in [7, 11) is 3.58. The maximum atomic E-state index is 13.7. The first-order valence-electron chi connectivity index (χ1n) is 14.7. The van der Waals surface area contributed by atoms with Crippen molar-refractivity contribution >= 4 is 29.1 Å². The van der Waals surface area contributed by atoms with E-state index in [0.717, 1.165) is 35.2 Å². The van der Waals surface area contributed by atoms with Crippen LogP contribution in [0.3, 0.4) is 0 Å². The van der Waals surface area contributed by atoms with E-state index in [2.05, 4.69) is 25.7 Å². The largest absolute Gasteiger partial charge is 0.384 e.